The largest absolute Gasteiger partial charge is 0.490 e. The SMILES string of the molecule is CC(=O)N1CC[C@@H](O)[C@@H]2CC[C@H]2CN2C[C@@]3(CCCc4cc(Cl)ccc43)COc3ccc(cc32)C(=O)NS(=O)(=O)CC1.CC(=O)N1CC[C@H](O)[C@@H]2CC[C@H]2CN2C[C@@]3(CCCc4cc(Cl)ccc43)COc3ccc(cc32)C(=O)NS(=O)(=O)CC1. The van der Waals surface area contributed by atoms with Crippen LogP contribution in [0.25, 0.3) is 0 Å². The molecule has 4 heterocycles. The maximum absolute atomic E-state index is 13.2. The third-order valence-corrected chi connectivity index (χ3v) is 22.4. The predicted molar refractivity (Wildman–Crippen MR) is 321 cm³/mol. The Hall–Kier alpha value is -5.64. The molecule has 22 heteroatoms. The van der Waals surface area contributed by atoms with Crippen LogP contribution in [0.2, 0.25) is 10.0 Å². The van der Waals surface area contributed by atoms with E-state index in [0.717, 1.165) is 75.6 Å². The van der Waals surface area contributed by atoms with Gasteiger partial charge >= 0.3 is 0 Å². The van der Waals surface area contributed by atoms with Gasteiger partial charge in [0.15, 0.2) is 0 Å². The van der Waals surface area contributed by atoms with Crippen molar-refractivity contribution in [1.82, 2.24) is 19.2 Å². The van der Waals surface area contributed by atoms with Gasteiger partial charge in [-0.3, -0.25) is 19.2 Å². The quantitative estimate of drug-likeness (QED) is 0.139. The fourth-order valence-electron chi connectivity index (χ4n) is 14.6. The van der Waals surface area contributed by atoms with Crippen molar-refractivity contribution in [3.8, 4) is 11.5 Å². The lowest BCUT2D eigenvalue weighted by molar-refractivity contribution is -0.130. The molecule has 2 fully saturated rings. The summed E-state index contributed by atoms with van der Waals surface area (Å²) < 4.78 is 68.7. The highest BCUT2D eigenvalue weighted by Gasteiger charge is 2.47. The zero-order valence-corrected chi connectivity index (χ0v) is 50.8. The number of fused-ring (bicyclic) bond motifs is 8. The minimum Gasteiger partial charge on any atom is -0.490 e. The number of aliphatic hydroxyl groups is 2. The average molecular weight is 1230 g/mol. The van der Waals surface area contributed by atoms with Crippen molar-refractivity contribution in [2.45, 2.75) is 114 Å². The molecule has 2 saturated carbocycles. The van der Waals surface area contributed by atoms with Crippen LogP contribution in [0, 0.1) is 23.7 Å². The topological polar surface area (TPSA) is 232 Å². The van der Waals surface area contributed by atoms with E-state index in [2.05, 4.69) is 43.5 Å². The summed E-state index contributed by atoms with van der Waals surface area (Å²) in [5, 5.41) is 23.8. The summed E-state index contributed by atoms with van der Waals surface area (Å²) in [6, 6.07) is 22.4. The molecule has 4 amide bonds. The molecule has 2 spiro atoms. The van der Waals surface area contributed by atoms with Gasteiger partial charge in [-0.25, -0.2) is 26.3 Å². The minimum absolute atomic E-state index is 0.0562. The molecule has 4 aromatic rings. The zero-order valence-electron chi connectivity index (χ0n) is 47.7. The van der Waals surface area contributed by atoms with Gasteiger partial charge in [0.2, 0.25) is 31.9 Å². The number of halogens is 2. The summed E-state index contributed by atoms with van der Waals surface area (Å²) in [7, 11) is -8.02. The molecule has 8 aliphatic rings. The third kappa shape index (κ3) is 12.8. The van der Waals surface area contributed by atoms with Crippen LogP contribution < -0.4 is 28.7 Å². The van der Waals surface area contributed by atoms with Gasteiger partial charge in [0.05, 0.1) is 48.3 Å². The van der Waals surface area contributed by atoms with Gasteiger partial charge in [-0.2, -0.15) is 0 Å². The van der Waals surface area contributed by atoms with Crippen molar-refractivity contribution in [3.63, 3.8) is 0 Å². The summed E-state index contributed by atoms with van der Waals surface area (Å²) in [6.45, 7) is 6.79. The molecule has 0 saturated heterocycles. The van der Waals surface area contributed by atoms with Gasteiger partial charge in [0.1, 0.15) is 11.5 Å². The molecule has 4 aliphatic carbocycles. The summed E-state index contributed by atoms with van der Waals surface area (Å²) in [6.07, 6.45) is 9.08. The van der Waals surface area contributed by atoms with Crippen molar-refractivity contribution >= 4 is 78.3 Å². The van der Waals surface area contributed by atoms with Gasteiger partial charge < -0.3 is 39.3 Å². The molecule has 12 rings (SSSR count). The normalized spacial score (nSPS) is 29.3. The molecule has 8 atom stereocenters. The number of carbonyl (C=O) groups is 4. The molecule has 18 nitrogen and oxygen atoms in total. The van der Waals surface area contributed by atoms with E-state index in [0.29, 0.717) is 73.8 Å². The third-order valence-electron chi connectivity index (χ3n) is 19.5. The number of ether oxygens (including phenoxy) is 2. The Morgan fingerprint density at radius 2 is 0.988 bits per heavy atom. The number of hydrogen-bond acceptors (Lipinski definition) is 14. The summed E-state index contributed by atoms with van der Waals surface area (Å²) >= 11 is 12.7. The van der Waals surface area contributed by atoms with Crippen LogP contribution in [0.15, 0.2) is 72.8 Å². The molecule has 4 N–H and O–H groups in total. The van der Waals surface area contributed by atoms with Crippen molar-refractivity contribution in [3.05, 3.63) is 116 Å². The van der Waals surface area contributed by atoms with E-state index in [-0.39, 0.29) is 83.6 Å². The van der Waals surface area contributed by atoms with E-state index < -0.39 is 55.6 Å². The number of amides is 4. The first-order valence-corrected chi connectivity index (χ1v) is 33.7. The van der Waals surface area contributed by atoms with Crippen LogP contribution in [0.5, 0.6) is 11.5 Å². The number of nitrogens with zero attached hydrogens (tertiary/aromatic N) is 4. The standard InChI is InChI=1S/2C31H38ClN3O6S/c2*1-20(36)34-12-10-28(37)25-7-4-23(25)17-35-18-31(11-2-3-21-15-24(32)6-8-26(21)31)19-41-29-9-5-22(16-27(29)35)30(38)33-42(39,40)14-13-34/h2*5-6,8-9,15-16,23,25,28,37H,2-4,7,10-14,17-19H2,1H3,(H,33,38)/t23-,25+,28+,31-;23-,25+,28-,31-/m00/s1. The lowest BCUT2D eigenvalue weighted by Crippen LogP contribution is -2.50. The van der Waals surface area contributed by atoms with Gasteiger partial charge in [0, 0.05) is 98.2 Å². The van der Waals surface area contributed by atoms with Crippen LogP contribution in [0.4, 0.5) is 11.4 Å². The van der Waals surface area contributed by atoms with Crippen molar-refractivity contribution in [2.24, 2.45) is 23.7 Å². The maximum atomic E-state index is 13.2. The second kappa shape index (κ2) is 24.3. The molecule has 4 aliphatic heterocycles. The van der Waals surface area contributed by atoms with Crippen LogP contribution in [0.3, 0.4) is 0 Å². The predicted octanol–water partition coefficient (Wildman–Crippen LogP) is 7.02. The molecule has 0 aromatic heterocycles. The number of aryl methyl sites for hydroxylation is 2. The first kappa shape index (κ1) is 60.1. The van der Waals surface area contributed by atoms with Crippen molar-refractivity contribution in [2.75, 3.05) is 86.9 Å². The lowest BCUT2D eigenvalue weighted by atomic mass is 9.68. The highest BCUT2D eigenvalue weighted by molar-refractivity contribution is 7.90. The fourth-order valence-corrected chi connectivity index (χ4v) is 16.9. The highest BCUT2D eigenvalue weighted by atomic mass is 35.5. The van der Waals surface area contributed by atoms with Crippen LogP contribution in [-0.4, -0.2) is 150 Å². The number of hydrogen-bond donors (Lipinski definition) is 4. The number of benzene rings is 4. The fraction of sp³-hybridized carbons (Fsp3) is 0.548. The second-order valence-corrected chi connectivity index (χ2v) is 29.4. The molecule has 4 bridgehead atoms. The number of carbonyl (C=O) groups excluding carboxylic acids is 4. The van der Waals surface area contributed by atoms with Crippen molar-refractivity contribution in [1.29, 1.82) is 0 Å². The Kier molecular flexibility index (Phi) is 17.3. The van der Waals surface area contributed by atoms with Gasteiger partial charge in [-0.1, -0.05) is 35.3 Å². The minimum atomic E-state index is -4.01. The van der Waals surface area contributed by atoms with Gasteiger partial charge in [-0.15, -0.1) is 0 Å². The number of nitrogens with one attached hydrogen (secondary N) is 2. The molecule has 0 radical (unpaired) electrons. The van der Waals surface area contributed by atoms with Crippen molar-refractivity contribution < 1.29 is 55.7 Å². The Balaban J connectivity index is 0.000000175. The van der Waals surface area contributed by atoms with E-state index in [1.54, 1.807) is 36.4 Å². The first-order valence-electron chi connectivity index (χ1n) is 29.7. The van der Waals surface area contributed by atoms with E-state index in [4.69, 9.17) is 32.7 Å². The van der Waals surface area contributed by atoms with E-state index >= 15 is 0 Å². The lowest BCUT2D eigenvalue weighted by Gasteiger charge is -2.46. The summed E-state index contributed by atoms with van der Waals surface area (Å²) in [5.41, 5.74) is 6.31. The maximum Gasteiger partial charge on any atom is 0.264 e. The smallest absolute Gasteiger partial charge is 0.264 e. The Bertz CT molecular complexity index is 3220. The second-order valence-electron chi connectivity index (χ2n) is 24.8. The Morgan fingerprint density at radius 3 is 1.37 bits per heavy atom. The molecular formula is C62H76Cl2N6O12S2. The summed E-state index contributed by atoms with van der Waals surface area (Å²) in [5.74, 6) is -0.867. The Labute approximate surface area is 502 Å². The molecule has 4 aromatic carbocycles. The molecule has 452 valence electrons. The summed E-state index contributed by atoms with van der Waals surface area (Å²) in [4.78, 5) is 58.3. The molecule has 0 unspecified atom stereocenters. The van der Waals surface area contributed by atoms with Gasteiger partial charge in [-0.05, 0) is 184 Å². The first-order chi connectivity index (χ1) is 40.1. The van der Waals surface area contributed by atoms with E-state index in [1.165, 1.54) is 45.9 Å². The molecule has 84 heavy (non-hydrogen) atoms. The van der Waals surface area contributed by atoms with E-state index in [9.17, 15) is 46.2 Å². The van der Waals surface area contributed by atoms with Crippen LogP contribution in [0.1, 0.15) is 121 Å². The number of anilines is 2. The Morgan fingerprint density at radius 1 is 0.571 bits per heavy atom. The molecular weight excluding hydrogens is 1160 g/mol. The number of sulfonamides is 2. The van der Waals surface area contributed by atoms with Crippen LogP contribution in [-0.2, 0) is 53.3 Å². The average Bonchev–Trinajstić information content (AvgIpc) is 1.80. The monoisotopic (exact) mass is 1230 g/mol. The van der Waals surface area contributed by atoms with Crippen LogP contribution >= 0.6 is 23.2 Å². The number of rotatable bonds is 0. The van der Waals surface area contributed by atoms with Gasteiger partial charge in [0.25, 0.3) is 11.8 Å². The highest BCUT2D eigenvalue weighted by Crippen LogP contribution is 2.49. The zero-order chi connectivity index (χ0) is 59.3. The number of aliphatic hydroxyl groups excluding tert-OH is 2. The van der Waals surface area contributed by atoms with E-state index in [1.807, 2.05) is 12.1 Å².